The average molecular weight is 668 g/mol. The van der Waals surface area contributed by atoms with E-state index in [1.807, 2.05) is 6.08 Å². The highest BCUT2D eigenvalue weighted by molar-refractivity contribution is 5.76. The minimum atomic E-state index is -1.57. The normalized spacial score (nSPS) is 23.3. The summed E-state index contributed by atoms with van der Waals surface area (Å²) in [6.45, 7) is 3.67. The molecule has 7 atom stereocenters. The lowest BCUT2D eigenvalue weighted by atomic mass is 9.99. The summed E-state index contributed by atoms with van der Waals surface area (Å²) < 4.78 is 11.1. The van der Waals surface area contributed by atoms with Crippen LogP contribution >= 0.6 is 0 Å². The third-order valence-corrected chi connectivity index (χ3v) is 8.70. The molecule has 0 aromatic rings. The van der Waals surface area contributed by atoms with E-state index in [9.17, 15) is 30.3 Å². The van der Waals surface area contributed by atoms with Gasteiger partial charge in [-0.3, -0.25) is 4.79 Å². The molecule has 274 valence electrons. The topological polar surface area (TPSA) is 149 Å². The molecule has 0 aliphatic carbocycles. The van der Waals surface area contributed by atoms with Gasteiger partial charge < -0.3 is 40.3 Å². The van der Waals surface area contributed by atoms with Crippen LogP contribution in [0.15, 0.2) is 36.5 Å². The molecule has 0 aromatic carbocycles. The van der Waals surface area contributed by atoms with E-state index in [1.54, 1.807) is 6.08 Å². The number of ether oxygens (including phenoxy) is 2. The largest absolute Gasteiger partial charge is 0.394 e. The molecule has 1 amide bonds. The average Bonchev–Trinajstić information content (AvgIpc) is 3.07. The van der Waals surface area contributed by atoms with Gasteiger partial charge >= 0.3 is 0 Å². The molecule has 1 saturated heterocycles. The van der Waals surface area contributed by atoms with Crippen LogP contribution in [0.1, 0.15) is 142 Å². The van der Waals surface area contributed by atoms with E-state index in [2.05, 4.69) is 43.5 Å². The number of allylic oxidation sites excluding steroid dienone is 5. The summed E-state index contributed by atoms with van der Waals surface area (Å²) in [5.74, 6) is -0.199. The fourth-order valence-corrected chi connectivity index (χ4v) is 5.60. The van der Waals surface area contributed by atoms with Crippen LogP contribution in [-0.2, 0) is 14.3 Å². The monoisotopic (exact) mass is 668 g/mol. The Hall–Kier alpha value is -1.59. The van der Waals surface area contributed by atoms with Gasteiger partial charge in [-0.2, -0.15) is 0 Å². The SMILES string of the molecule is CCCCCCCC/C=C/CC/C=C/CC/C=C/C(O)C(COC1OC(CO)C(O)C(O)C1O)NC(=O)CCCCCCCCCC. The molecule has 1 rings (SSSR count). The van der Waals surface area contributed by atoms with Crippen molar-refractivity contribution in [1.82, 2.24) is 5.32 Å². The van der Waals surface area contributed by atoms with Gasteiger partial charge in [0.25, 0.3) is 0 Å². The number of hydrogen-bond acceptors (Lipinski definition) is 8. The van der Waals surface area contributed by atoms with E-state index >= 15 is 0 Å². The number of carbonyl (C=O) groups excluding carboxylic acids is 1. The van der Waals surface area contributed by atoms with E-state index < -0.39 is 49.5 Å². The van der Waals surface area contributed by atoms with Crippen molar-refractivity contribution in [2.24, 2.45) is 0 Å². The number of amides is 1. The van der Waals surface area contributed by atoms with Crippen molar-refractivity contribution in [2.45, 2.75) is 185 Å². The predicted octanol–water partition coefficient (Wildman–Crippen LogP) is 6.16. The minimum Gasteiger partial charge on any atom is -0.394 e. The molecule has 1 fully saturated rings. The Kier molecular flexibility index (Phi) is 27.1. The van der Waals surface area contributed by atoms with Crippen LogP contribution in [0.4, 0.5) is 0 Å². The van der Waals surface area contributed by atoms with Crippen molar-refractivity contribution < 1.29 is 39.8 Å². The van der Waals surface area contributed by atoms with E-state index in [1.165, 1.54) is 70.6 Å². The third-order valence-electron chi connectivity index (χ3n) is 8.70. The van der Waals surface area contributed by atoms with Crippen LogP contribution in [-0.4, -0.2) is 87.5 Å². The van der Waals surface area contributed by atoms with E-state index in [4.69, 9.17) is 9.47 Å². The van der Waals surface area contributed by atoms with Crippen molar-refractivity contribution in [3.05, 3.63) is 36.5 Å². The van der Waals surface area contributed by atoms with Crippen LogP contribution in [0.5, 0.6) is 0 Å². The number of aliphatic hydroxyl groups excluding tert-OH is 5. The summed E-state index contributed by atoms with van der Waals surface area (Å²) in [7, 11) is 0. The second-order valence-corrected chi connectivity index (χ2v) is 13.0. The summed E-state index contributed by atoms with van der Waals surface area (Å²) in [5.41, 5.74) is 0. The van der Waals surface area contributed by atoms with Crippen LogP contribution in [0.2, 0.25) is 0 Å². The summed E-state index contributed by atoms with van der Waals surface area (Å²) in [6, 6.07) is -0.821. The van der Waals surface area contributed by atoms with Crippen LogP contribution in [0, 0.1) is 0 Å². The Bertz CT molecular complexity index is 833. The van der Waals surface area contributed by atoms with E-state index in [-0.39, 0.29) is 12.5 Å². The molecule has 1 aliphatic rings. The highest BCUT2D eigenvalue weighted by atomic mass is 16.7. The van der Waals surface area contributed by atoms with Crippen LogP contribution in [0.3, 0.4) is 0 Å². The zero-order chi connectivity index (χ0) is 34.5. The molecule has 1 aliphatic heterocycles. The van der Waals surface area contributed by atoms with Crippen molar-refractivity contribution in [1.29, 1.82) is 0 Å². The van der Waals surface area contributed by atoms with Gasteiger partial charge in [-0.05, 0) is 44.9 Å². The lowest BCUT2D eigenvalue weighted by Gasteiger charge is -2.40. The second kappa shape index (κ2) is 29.3. The Balaban J connectivity index is 2.50. The Labute approximate surface area is 285 Å². The zero-order valence-corrected chi connectivity index (χ0v) is 29.5. The molecule has 9 nitrogen and oxygen atoms in total. The predicted molar refractivity (Wildman–Crippen MR) is 189 cm³/mol. The Morgan fingerprint density at radius 1 is 0.702 bits per heavy atom. The number of hydrogen-bond donors (Lipinski definition) is 6. The lowest BCUT2D eigenvalue weighted by molar-refractivity contribution is -0.302. The fraction of sp³-hybridized carbons (Fsp3) is 0.816. The molecule has 6 N–H and O–H groups in total. The maximum absolute atomic E-state index is 12.8. The summed E-state index contributed by atoms with van der Waals surface area (Å²) in [6.07, 6.45) is 26.3. The van der Waals surface area contributed by atoms with Crippen molar-refractivity contribution >= 4 is 5.91 Å². The number of aliphatic hydroxyl groups is 5. The number of nitrogens with one attached hydrogen (secondary N) is 1. The van der Waals surface area contributed by atoms with E-state index in [0.717, 1.165) is 51.4 Å². The quantitative estimate of drug-likeness (QED) is 0.0411. The third kappa shape index (κ3) is 21.2. The highest BCUT2D eigenvalue weighted by Gasteiger charge is 2.44. The van der Waals surface area contributed by atoms with Gasteiger partial charge in [0.05, 0.1) is 25.4 Å². The van der Waals surface area contributed by atoms with Gasteiger partial charge in [0.1, 0.15) is 24.4 Å². The Morgan fingerprint density at radius 3 is 1.79 bits per heavy atom. The van der Waals surface area contributed by atoms with Gasteiger partial charge in [0.15, 0.2) is 6.29 Å². The first-order valence-electron chi connectivity index (χ1n) is 18.7. The number of rotatable bonds is 29. The lowest BCUT2D eigenvalue weighted by Crippen LogP contribution is -2.60. The van der Waals surface area contributed by atoms with Gasteiger partial charge in [-0.1, -0.05) is 127 Å². The molecule has 0 bridgehead atoms. The first-order chi connectivity index (χ1) is 22.8. The maximum atomic E-state index is 12.8. The second-order valence-electron chi connectivity index (χ2n) is 13.0. The molecular weight excluding hydrogens is 598 g/mol. The smallest absolute Gasteiger partial charge is 0.220 e. The molecule has 1 heterocycles. The molecular formula is C38H69NO8. The van der Waals surface area contributed by atoms with Crippen LogP contribution < -0.4 is 5.32 Å². The first-order valence-corrected chi connectivity index (χ1v) is 18.7. The van der Waals surface area contributed by atoms with E-state index in [0.29, 0.717) is 6.42 Å². The number of carbonyl (C=O) groups is 1. The molecule has 47 heavy (non-hydrogen) atoms. The molecule has 9 heteroatoms. The van der Waals surface area contributed by atoms with Gasteiger partial charge in [-0.25, -0.2) is 0 Å². The van der Waals surface area contributed by atoms with Crippen LogP contribution in [0.25, 0.3) is 0 Å². The van der Waals surface area contributed by atoms with Crippen molar-refractivity contribution in [3.8, 4) is 0 Å². The standard InChI is InChI=1S/C38H69NO8/c1-3-5-7-9-11-13-14-15-16-17-18-19-20-21-23-25-27-32(41)31(39-34(42)28-26-24-22-12-10-8-6-4-2)30-46-38-37(45)36(44)35(43)33(29-40)47-38/h15-16,19-20,25,27,31-33,35-38,40-41,43-45H,3-14,17-18,21-24,26,28-30H2,1-2H3,(H,39,42)/b16-15+,20-19+,27-25+. The molecule has 0 spiro atoms. The van der Waals surface area contributed by atoms with Crippen molar-refractivity contribution in [2.75, 3.05) is 13.2 Å². The first kappa shape index (κ1) is 43.4. The summed E-state index contributed by atoms with van der Waals surface area (Å²) in [4.78, 5) is 12.8. The number of unbranched alkanes of at least 4 members (excludes halogenated alkanes) is 15. The van der Waals surface area contributed by atoms with Gasteiger partial charge in [0.2, 0.25) is 5.91 Å². The Morgan fingerprint density at radius 2 is 1.21 bits per heavy atom. The van der Waals surface area contributed by atoms with Crippen molar-refractivity contribution in [3.63, 3.8) is 0 Å². The molecule has 0 saturated carbocycles. The molecule has 7 unspecified atom stereocenters. The highest BCUT2D eigenvalue weighted by Crippen LogP contribution is 2.22. The summed E-state index contributed by atoms with van der Waals surface area (Å²) in [5, 5.41) is 53.7. The zero-order valence-electron chi connectivity index (χ0n) is 29.5. The van der Waals surface area contributed by atoms with Gasteiger partial charge in [0, 0.05) is 6.42 Å². The summed E-state index contributed by atoms with van der Waals surface area (Å²) >= 11 is 0. The molecule has 0 aromatic heterocycles. The molecule has 0 radical (unpaired) electrons. The van der Waals surface area contributed by atoms with Gasteiger partial charge in [-0.15, -0.1) is 0 Å². The maximum Gasteiger partial charge on any atom is 0.220 e. The fourth-order valence-electron chi connectivity index (χ4n) is 5.60. The minimum absolute atomic E-state index is 0.199.